The van der Waals surface area contributed by atoms with Crippen LogP contribution in [-0.2, 0) is 4.79 Å². The third kappa shape index (κ3) is 3.87. The van der Waals surface area contributed by atoms with Crippen LogP contribution in [0.25, 0.3) is 6.08 Å². The van der Waals surface area contributed by atoms with E-state index in [2.05, 4.69) is 6.92 Å². The van der Waals surface area contributed by atoms with Crippen molar-refractivity contribution in [2.24, 2.45) is 5.92 Å². The van der Waals surface area contributed by atoms with E-state index in [1.165, 1.54) is 6.42 Å². The molecule has 1 heterocycles. The first kappa shape index (κ1) is 15.6. The molecule has 1 unspecified atom stereocenters. The largest absolute Gasteiger partial charge is 0.497 e. The Labute approximate surface area is 127 Å². The molecule has 3 heteroatoms. The molecule has 1 amide bonds. The predicted molar refractivity (Wildman–Crippen MR) is 86.5 cm³/mol. The van der Waals surface area contributed by atoms with Gasteiger partial charge in [-0.25, -0.2) is 0 Å². The van der Waals surface area contributed by atoms with E-state index >= 15 is 0 Å². The van der Waals surface area contributed by atoms with Crippen LogP contribution in [0.3, 0.4) is 0 Å². The molecule has 1 fully saturated rings. The van der Waals surface area contributed by atoms with Gasteiger partial charge in [-0.3, -0.25) is 4.79 Å². The van der Waals surface area contributed by atoms with Gasteiger partial charge in [-0.1, -0.05) is 6.92 Å². The number of carbonyl (C=O) groups is 1. The molecular weight excluding hydrogens is 262 g/mol. The minimum absolute atomic E-state index is 0.121. The molecule has 1 aromatic rings. The number of piperidine rings is 1. The number of aryl methyl sites for hydroxylation is 2. The highest BCUT2D eigenvalue weighted by molar-refractivity contribution is 5.92. The van der Waals surface area contributed by atoms with Crippen LogP contribution in [0.15, 0.2) is 18.2 Å². The van der Waals surface area contributed by atoms with Crippen LogP contribution in [0.4, 0.5) is 0 Å². The molecule has 1 aliphatic rings. The lowest BCUT2D eigenvalue weighted by molar-refractivity contribution is -0.127. The van der Waals surface area contributed by atoms with Crippen molar-refractivity contribution in [2.45, 2.75) is 33.6 Å². The van der Waals surface area contributed by atoms with Crippen LogP contribution < -0.4 is 4.74 Å². The van der Waals surface area contributed by atoms with Gasteiger partial charge in [-0.05, 0) is 67.5 Å². The van der Waals surface area contributed by atoms with Crippen LogP contribution in [0, 0.1) is 19.8 Å². The Balaban J connectivity index is 2.12. The van der Waals surface area contributed by atoms with Gasteiger partial charge in [0.15, 0.2) is 0 Å². The smallest absolute Gasteiger partial charge is 0.246 e. The normalized spacial score (nSPS) is 19.0. The number of benzene rings is 1. The lowest BCUT2D eigenvalue weighted by Crippen LogP contribution is -2.38. The van der Waals surface area contributed by atoms with Gasteiger partial charge in [0, 0.05) is 19.2 Å². The maximum atomic E-state index is 12.3. The first-order valence-corrected chi connectivity index (χ1v) is 7.63. The molecule has 1 aliphatic heterocycles. The van der Waals surface area contributed by atoms with Crippen molar-refractivity contribution in [1.82, 2.24) is 4.90 Å². The summed E-state index contributed by atoms with van der Waals surface area (Å²) in [6.07, 6.45) is 5.98. The molecule has 0 aromatic heterocycles. The summed E-state index contributed by atoms with van der Waals surface area (Å²) in [5.41, 5.74) is 3.36. The van der Waals surface area contributed by atoms with Gasteiger partial charge < -0.3 is 9.64 Å². The number of likely N-dealkylation sites (tertiary alicyclic amines) is 1. The van der Waals surface area contributed by atoms with Gasteiger partial charge in [0.1, 0.15) is 5.75 Å². The Hall–Kier alpha value is -1.77. The quantitative estimate of drug-likeness (QED) is 0.795. The van der Waals surface area contributed by atoms with Crippen LogP contribution in [0.5, 0.6) is 5.75 Å². The molecule has 1 atom stereocenters. The van der Waals surface area contributed by atoms with Gasteiger partial charge >= 0.3 is 0 Å². The number of hydrogen-bond acceptors (Lipinski definition) is 2. The minimum Gasteiger partial charge on any atom is -0.497 e. The fourth-order valence-corrected chi connectivity index (χ4v) is 2.97. The fraction of sp³-hybridized carbons (Fsp3) is 0.500. The summed E-state index contributed by atoms with van der Waals surface area (Å²) in [5, 5.41) is 0. The van der Waals surface area contributed by atoms with Crippen molar-refractivity contribution in [3.63, 3.8) is 0 Å². The van der Waals surface area contributed by atoms with Crippen LogP contribution in [-0.4, -0.2) is 31.0 Å². The molecule has 0 bridgehead atoms. The van der Waals surface area contributed by atoms with E-state index in [4.69, 9.17) is 4.74 Å². The van der Waals surface area contributed by atoms with E-state index in [1.807, 2.05) is 37.0 Å². The second-order valence-corrected chi connectivity index (χ2v) is 6.04. The molecule has 0 N–H and O–H groups in total. The highest BCUT2D eigenvalue weighted by Crippen LogP contribution is 2.23. The predicted octanol–water partition coefficient (Wildman–Crippen LogP) is 3.58. The molecule has 114 valence electrons. The number of carbonyl (C=O) groups excluding carboxylic acids is 1. The van der Waals surface area contributed by atoms with Gasteiger partial charge in [0.2, 0.25) is 5.91 Å². The molecule has 0 saturated carbocycles. The van der Waals surface area contributed by atoms with Crippen LogP contribution >= 0.6 is 0 Å². The van der Waals surface area contributed by atoms with Gasteiger partial charge in [0.25, 0.3) is 0 Å². The monoisotopic (exact) mass is 287 g/mol. The van der Waals surface area contributed by atoms with E-state index in [9.17, 15) is 4.79 Å². The molecular formula is C18H25NO2. The molecule has 0 aliphatic carbocycles. The van der Waals surface area contributed by atoms with Crippen molar-refractivity contribution < 1.29 is 9.53 Å². The van der Waals surface area contributed by atoms with E-state index < -0.39 is 0 Å². The van der Waals surface area contributed by atoms with Crippen molar-refractivity contribution in [3.05, 3.63) is 34.9 Å². The van der Waals surface area contributed by atoms with E-state index in [0.717, 1.165) is 42.0 Å². The Morgan fingerprint density at radius 2 is 2.00 bits per heavy atom. The lowest BCUT2D eigenvalue weighted by atomic mass is 9.99. The SMILES string of the molecule is COc1cc(C)c(/C=C/C(=O)N2CCCC(C)C2)c(C)c1. The first-order valence-electron chi connectivity index (χ1n) is 7.63. The zero-order chi connectivity index (χ0) is 15.4. The summed E-state index contributed by atoms with van der Waals surface area (Å²) in [4.78, 5) is 14.2. The highest BCUT2D eigenvalue weighted by Gasteiger charge is 2.19. The summed E-state index contributed by atoms with van der Waals surface area (Å²) in [6, 6.07) is 4.00. The van der Waals surface area contributed by atoms with Gasteiger partial charge in [0.05, 0.1) is 7.11 Å². The van der Waals surface area contributed by atoms with Crippen molar-refractivity contribution in [2.75, 3.05) is 20.2 Å². The van der Waals surface area contributed by atoms with Crippen LogP contribution in [0.2, 0.25) is 0 Å². The Kier molecular flexibility index (Phi) is 5.05. The Bertz CT molecular complexity index is 525. The first-order chi connectivity index (χ1) is 10.0. The molecule has 3 nitrogen and oxygen atoms in total. The molecule has 1 aromatic carbocycles. The third-order valence-electron chi connectivity index (χ3n) is 4.16. The maximum Gasteiger partial charge on any atom is 0.246 e. The van der Waals surface area contributed by atoms with E-state index in [-0.39, 0.29) is 5.91 Å². The summed E-state index contributed by atoms with van der Waals surface area (Å²) >= 11 is 0. The van der Waals surface area contributed by atoms with Crippen molar-refractivity contribution >= 4 is 12.0 Å². The summed E-state index contributed by atoms with van der Waals surface area (Å²) in [6.45, 7) is 8.06. The molecule has 0 spiro atoms. The second-order valence-electron chi connectivity index (χ2n) is 6.04. The summed E-state index contributed by atoms with van der Waals surface area (Å²) < 4.78 is 5.26. The van der Waals surface area contributed by atoms with Crippen LogP contribution in [0.1, 0.15) is 36.5 Å². The Morgan fingerprint density at radius 1 is 1.33 bits per heavy atom. The number of nitrogens with zero attached hydrogens (tertiary/aromatic N) is 1. The topological polar surface area (TPSA) is 29.5 Å². The average Bonchev–Trinajstić information content (AvgIpc) is 2.45. The minimum atomic E-state index is 0.121. The number of ether oxygens (including phenoxy) is 1. The van der Waals surface area contributed by atoms with Crippen molar-refractivity contribution in [3.8, 4) is 5.75 Å². The third-order valence-corrected chi connectivity index (χ3v) is 4.16. The molecule has 0 radical (unpaired) electrons. The number of methoxy groups -OCH3 is 1. The van der Waals surface area contributed by atoms with Gasteiger partial charge in [-0.15, -0.1) is 0 Å². The molecule has 1 saturated heterocycles. The fourth-order valence-electron chi connectivity index (χ4n) is 2.97. The number of hydrogen-bond donors (Lipinski definition) is 0. The van der Waals surface area contributed by atoms with Crippen molar-refractivity contribution in [1.29, 1.82) is 0 Å². The molecule has 2 rings (SSSR count). The van der Waals surface area contributed by atoms with E-state index in [0.29, 0.717) is 5.92 Å². The zero-order valence-corrected chi connectivity index (χ0v) is 13.5. The second kappa shape index (κ2) is 6.79. The van der Waals surface area contributed by atoms with E-state index in [1.54, 1.807) is 13.2 Å². The molecule has 21 heavy (non-hydrogen) atoms. The zero-order valence-electron chi connectivity index (χ0n) is 13.5. The number of amides is 1. The number of rotatable bonds is 3. The summed E-state index contributed by atoms with van der Waals surface area (Å²) in [5.74, 6) is 1.59. The standard InChI is InChI=1S/C18H25NO2/c1-13-6-5-9-19(12-13)18(20)8-7-17-14(2)10-16(21-4)11-15(17)3/h7-8,10-11,13H,5-6,9,12H2,1-4H3/b8-7+. The van der Waals surface area contributed by atoms with Gasteiger partial charge in [-0.2, -0.15) is 0 Å². The lowest BCUT2D eigenvalue weighted by Gasteiger charge is -2.30. The average molecular weight is 287 g/mol. The Morgan fingerprint density at radius 3 is 2.57 bits per heavy atom. The highest BCUT2D eigenvalue weighted by atomic mass is 16.5. The summed E-state index contributed by atoms with van der Waals surface area (Å²) in [7, 11) is 1.67. The maximum absolute atomic E-state index is 12.3.